The smallest absolute Gasteiger partial charge is 0.471 e. The molecule has 0 spiro atoms. The number of hydrogen-bond donors (Lipinski definition) is 3. The molecule has 224 valence electrons. The Labute approximate surface area is 242 Å². The fraction of sp³-hybridized carbons (Fsp3) is 0.355. The normalized spacial score (nSPS) is 11.9. The average molecular weight is 586 g/mol. The van der Waals surface area contributed by atoms with Gasteiger partial charge in [0.05, 0.1) is 12.3 Å². The molecule has 3 rings (SSSR count). The number of unbranched alkanes of at least 4 members (excludes halogenated alkanes) is 3. The van der Waals surface area contributed by atoms with Crippen molar-refractivity contribution in [2.75, 3.05) is 13.2 Å². The first-order valence-corrected chi connectivity index (χ1v) is 13.8. The maximum Gasteiger partial charge on any atom is 0.471 e. The number of rotatable bonds is 16. The zero-order valence-corrected chi connectivity index (χ0v) is 23.0. The molecule has 3 aromatic rings. The minimum atomic E-state index is -4.96. The number of halogens is 3. The largest absolute Gasteiger partial charge is 0.480 e. The van der Waals surface area contributed by atoms with Crippen molar-refractivity contribution in [1.82, 2.24) is 15.6 Å². The Bertz CT molecular complexity index is 1250. The number of nitrogens with one attached hydrogen (secondary N) is 2. The monoisotopic (exact) mass is 585 g/mol. The Morgan fingerprint density at radius 1 is 0.833 bits per heavy atom. The highest BCUT2D eigenvalue weighted by atomic mass is 19.4. The van der Waals surface area contributed by atoms with Gasteiger partial charge in [0.25, 0.3) is 0 Å². The molecular formula is C31H34F3N3O5. The molecule has 1 atom stereocenters. The maximum atomic E-state index is 12.2. The Balaban J connectivity index is 1.40. The first-order valence-electron chi connectivity index (χ1n) is 13.8. The van der Waals surface area contributed by atoms with Crippen LogP contribution < -0.4 is 15.4 Å². The number of carboxylic acid groups (broad SMARTS) is 1. The molecule has 1 heterocycles. The molecule has 2 aromatic carbocycles. The van der Waals surface area contributed by atoms with Gasteiger partial charge in [0, 0.05) is 24.6 Å². The summed E-state index contributed by atoms with van der Waals surface area (Å²) in [6.07, 6.45) is -2.55. The van der Waals surface area contributed by atoms with Crippen molar-refractivity contribution in [3.05, 3.63) is 72.8 Å². The number of pyridine rings is 1. The van der Waals surface area contributed by atoms with E-state index >= 15 is 0 Å². The van der Waals surface area contributed by atoms with E-state index in [1.165, 1.54) is 0 Å². The summed E-state index contributed by atoms with van der Waals surface area (Å²) in [7, 11) is 0. The summed E-state index contributed by atoms with van der Waals surface area (Å²) in [6, 6.07) is 22.5. The first-order chi connectivity index (χ1) is 20.1. The van der Waals surface area contributed by atoms with E-state index in [1.807, 2.05) is 72.8 Å². The number of nitrogens with zero attached hydrogens (tertiary/aromatic N) is 1. The summed E-state index contributed by atoms with van der Waals surface area (Å²) in [5, 5.41) is 13.5. The van der Waals surface area contributed by atoms with E-state index in [1.54, 1.807) is 5.32 Å². The number of alkyl halides is 3. The molecule has 3 N–H and O–H groups in total. The van der Waals surface area contributed by atoms with Crippen molar-refractivity contribution in [1.29, 1.82) is 0 Å². The highest BCUT2D eigenvalue weighted by Crippen LogP contribution is 2.28. The van der Waals surface area contributed by atoms with Gasteiger partial charge in [-0.25, -0.2) is 9.78 Å². The van der Waals surface area contributed by atoms with Crippen molar-refractivity contribution in [2.45, 2.75) is 57.2 Å². The van der Waals surface area contributed by atoms with Gasteiger partial charge in [0.2, 0.25) is 11.8 Å². The van der Waals surface area contributed by atoms with Crippen LogP contribution in [0.2, 0.25) is 0 Å². The summed E-state index contributed by atoms with van der Waals surface area (Å²) in [6.45, 7) is 0.157. The van der Waals surface area contributed by atoms with Crippen LogP contribution in [0.15, 0.2) is 72.8 Å². The molecule has 42 heavy (non-hydrogen) atoms. The van der Waals surface area contributed by atoms with E-state index in [9.17, 15) is 32.7 Å². The second-order valence-corrected chi connectivity index (χ2v) is 9.68. The lowest BCUT2D eigenvalue weighted by molar-refractivity contribution is -0.173. The van der Waals surface area contributed by atoms with Gasteiger partial charge in [0.1, 0.15) is 6.04 Å². The summed E-state index contributed by atoms with van der Waals surface area (Å²) in [5.74, 6) is -3.19. The zero-order valence-electron chi connectivity index (χ0n) is 23.0. The van der Waals surface area contributed by atoms with Crippen LogP contribution in [0.3, 0.4) is 0 Å². The van der Waals surface area contributed by atoms with E-state index in [2.05, 4.69) is 10.3 Å². The van der Waals surface area contributed by atoms with Gasteiger partial charge < -0.3 is 20.5 Å². The fourth-order valence-electron chi connectivity index (χ4n) is 4.17. The van der Waals surface area contributed by atoms with Crippen molar-refractivity contribution >= 4 is 17.8 Å². The Morgan fingerprint density at radius 3 is 2.14 bits per heavy atom. The Hall–Kier alpha value is -4.41. The number of carbonyl (C=O) groups is 3. The maximum absolute atomic E-state index is 12.2. The quantitative estimate of drug-likeness (QED) is 0.184. The number of aromatic nitrogens is 1. The third-order valence-corrected chi connectivity index (χ3v) is 6.37. The van der Waals surface area contributed by atoms with Gasteiger partial charge in [-0.2, -0.15) is 13.2 Å². The molecule has 0 aliphatic heterocycles. The number of benzene rings is 2. The summed E-state index contributed by atoms with van der Waals surface area (Å²) >= 11 is 0. The topological polar surface area (TPSA) is 118 Å². The predicted molar refractivity (Wildman–Crippen MR) is 152 cm³/mol. The van der Waals surface area contributed by atoms with Crippen LogP contribution in [-0.4, -0.2) is 53.2 Å². The molecule has 0 unspecified atom stereocenters. The minimum Gasteiger partial charge on any atom is -0.480 e. The van der Waals surface area contributed by atoms with Crippen LogP contribution in [0.1, 0.15) is 44.9 Å². The summed E-state index contributed by atoms with van der Waals surface area (Å²) in [4.78, 5) is 39.2. The van der Waals surface area contributed by atoms with Crippen LogP contribution in [-0.2, 0) is 14.4 Å². The molecule has 11 heteroatoms. The van der Waals surface area contributed by atoms with E-state index in [0.717, 1.165) is 22.4 Å². The van der Waals surface area contributed by atoms with Crippen molar-refractivity contribution in [3.63, 3.8) is 0 Å². The molecule has 0 fully saturated rings. The second kappa shape index (κ2) is 16.1. The second-order valence-electron chi connectivity index (χ2n) is 9.68. The van der Waals surface area contributed by atoms with Gasteiger partial charge in [-0.15, -0.1) is 0 Å². The summed E-state index contributed by atoms with van der Waals surface area (Å²) in [5.41, 5.74) is 3.79. The molecule has 0 radical (unpaired) electrons. The van der Waals surface area contributed by atoms with Crippen LogP contribution in [0.5, 0.6) is 5.88 Å². The van der Waals surface area contributed by atoms with Crippen LogP contribution in [0.25, 0.3) is 22.4 Å². The third kappa shape index (κ3) is 10.9. The van der Waals surface area contributed by atoms with Crippen LogP contribution in [0, 0.1) is 0 Å². The molecule has 0 aliphatic rings. The van der Waals surface area contributed by atoms with Gasteiger partial charge in [-0.1, -0.05) is 60.7 Å². The Morgan fingerprint density at radius 2 is 1.50 bits per heavy atom. The molecule has 2 amide bonds. The van der Waals surface area contributed by atoms with Gasteiger partial charge in [-0.05, 0) is 55.7 Å². The Kier molecular flexibility index (Phi) is 12.3. The number of amides is 2. The van der Waals surface area contributed by atoms with Crippen LogP contribution >= 0.6 is 0 Å². The summed E-state index contributed by atoms with van der Waals surface area (Å²) < 4.78 is 42.5. The molecular weight excluding hydrogens is 551 g/mol. The first kappa shape index (κ1) is 32.1. The molecule has 0 bridgehead atoms. The van der Waals surface area contributed by atoms with Crippen molar-refractivity contribution in [2.24, 2.45) is 0 Å². The number of carbonyl (C=O) groups excluding carboxylic acids is 2. The number of carboxylic acids is 1. The van der Waals surface area contributed by atoms with Gasteiger partial charge in [0.15, 0.2) is 0 Å². The zero-order chi connectivity index (χ0) is 30.4. The van der Waals surface area contributed by atoms with Crippen LogP contribution in [0.4, 0.5) is 13.2 Å². The molecule has 0 aliphatic carbocycles. The van der Waals surface area contributed by atoms with E-state index in [0.29, 0.717) is 31.7 Å². The highest BCUT2D eigenvalue weighted by Gasteiger charge is 2.38. The molecule has 8 nitrogen and oxygen atoms in total. The third-order valence-electron chi connectivity index (χ3n) is 6.37. The van der Waals surface area contributed by atoms with Crippen molar-refractivity contribution in [3.8, 4) is 28.3 Å². The highest BCUT2D eigenvalue weighted by molar-refractivity contribution is 5.83. The molecule has 0 saturated carbocycles. The average Bonchev–Trinajstić information content (AvgIpc) is 2.98. The lowest BCUT2D eigenvalue weighted by Crippen LogP contribution is -2.41. The predicted octanol–water partition coefficient (Wildman–Crippen LogP) is 5.77. The lowest BCUT2D eigenvalue weighted by Gasteiger charge is -2.15. The fourth-order valence-corrected chi connectivity index (χ4v) is 4.17. The molecule has 0 saturated heterocycles. The number of aliphatic carboxylic acids is 1. The van der Waals surface area contributed by atoms with E-state index in [4.69, 9.17) is 4.74 Å². The van der Waals surface area contributed by atoms with Gasteiger partial charge in [-0.3, -0.25) is 9.59 Å². The van der Waals surface area contributed by atoms with Crippen molar-refractivity contribution < 1.29 is 37.4 Å². The van der Waals surface area contributed by atoms with Gasteiger partial charge >= 0.3 is 18.1 Å². The SMILES string of the molecule is O=C(CCCCCOc1cc(-c2ccccc2)cc(-c2ccccc2)n1)N[C@@H](CCCCNC(=O)C(F)(F)F)C(=O)O. The van der Waals surface area contributed by atoms with E-state index < -0.39 is 30.0 Å². The molecule has 1 aromatic heterocycles. The number of ether oxygens (including phenoxy) is 1. The minimum absolute atomic E-state index is 0.0385. The number of hydrogen-bond acceptors (Lipinski definition) is 5. The standard InChI is InChI=1S/C31H34F3N3O5/c32-31(33,34)30(41)35-18-10-9-16-25(29(39)40)36-27(38)17-8-3-11-19-42-28-21-24(22-12-4-1-5-13-22)20-26(37-28)23-14-6-2-7-15-23/h1-2,4-7,12-15,20-21,25H,3,8-11,16-19H2,(H,35,41)(H,36,38)(H,39,40)/t25-/m0/s1. The lowest BCUT2D eigenvalue weighted by atomic mass is 10.0. The van der Waals surface area contributed by atoms with E-state index in [-0.39, 0.29) is 32.2 Å².